The minimum Gasteiger partial charge on any atom is -0.392 e. The topological polar surface area (TPSA) is 33.1 Å². The summed E-state index contributed by atoms with van der Waals surface area (Å²) in [5, 5.41) is 11.8. The Balaban J connectivity index is 2.23. The first-order valence-electron chi connectivity index (χ1n) is 7.21. The summed E-state index contributed by atoms with van der Waals surface area (Å²) < 4.78 is 0. The molecule has 26 heavy (non-hydrogen) atoms. The molecule has 8 heteroatoms. The molecule has 0 saturated carbocycles. The zero-order valence-corrected chi connectivity index (χ0v) is 17.4. The number of pyridine rings is 1. The van der Waals surface area contributed by atoms with E-state index >= 15 is 0 Å². The zero-order chi connectivity index (χ0) is 19.0. The van der Waals surface area contributed by atoms with Gasteiger partial charge in [0.1, 0.15) is 0 Å². The van der Waals surface area contributed by atoms with E-state index in [0.717, 1.165) is 0 Å². The van der Waals surface area contributed by atoms with Gasteiger partial charge in [0.25, 0.3) is 0 Å². The highest BCUT2D eigenvalue weighted by molar-refractivity contribution is 6.44. The largest absolute Gasteiger partial charge is 0.392 e. The third-order valence-corrected chi connectivity index (χ3v) is 5.71. The molecule has 3 aromatic rings. The van der Waals surface area contributed by atoms with Crippen LogP contribution in [-0.4, -0.2) is 10.1 Å². The standard InChI is InChI=1S/C18H9Cl6NO/c19-11-5-15(23)13(21)3-9(11)17-1-8(7-26)2-18(25-17)10-4-14(22)16(24)6-12(10)20/h1-6,26H,7H2. The fourth-order valence-electron chi connectivity index (χ4n) is 2.39. The summed E-state index contributed by atoms with van der Waals surface area (Å²) in [6.45, 7) is -0.194. The van der Waals surface area contributed by atoms with Crippen molar-refractivity contribution in [1.82, 2.24) is 4.98 Å². The lowest BCUT2D eigenvalue weighted by Gasteiger charge is -2.12. The van der Waals surface area contributed by atoms with Gasteiger partial charge in [-0.25, -0.2) is 4.98 Å². The van der Waals surface area contributed by atoms with Crippen LogP contribution in [0.2, 0.25) is 30.1 Å². The number of hydrogen-bond acceptors (Lipinski definition) is 2. The first-order valence-corrected chi connectivity index (χ1v) is 9.48. The van der Waals surface area contributed by atoms with Crippen LogP contribution in [0.15, 0.2) is 36.4 Å². The Morgan fingerprint density at radius 1 is 0.577 bits per heavy atom. The van der Waals surface area contributed by atoms with Crippen LogP contribution in [0.4, 0.5) is 0 Å². The molecular formula is C18H9Cl6NO. The van der Waals surface area contributed by atoms with Gasteiger partial charge in [-0.1, -0.05) is 69.6 Å². The van der Waals surface area contributed by atoms with E-state index in [1.807, 2.05) is 0 Å². The molecule has 2 nitrogen and oxygen atoms in total. The van der Waals surface area contributed by atoms with Crippen LogP contribution in [0.1, 0.15) is 5.56 Å². The molecule has 0 fully saturated rings. The number of hydrogen-bond donors (Lipinski definition) is 1. The van der Waals surface area contributed by atoms with E-state index in [2.05, 4.69) is 4.98 Å². The molecule has 0 atom stereocenters. The van der Waals surface area contributed by atoms with Gasteiger partial charge < -0.3 is 5.11 Å². The number of halogens is 6. The highest BCUT2D eigenvalue weighted by atomic mass is 35.5. The summed E-state index contributed by atoms with van der Waals surface area (Å²) in [6.07, 6.45) is 0. The molecule has 1 aromatic heterocycles. The molecule has 0 radical (unpaired) electrons. The van der Waals surface area contributed by atoms with Crippen molar-refractivity contribution in [3.05, 3.63) is 72.1 Å². The maximum Gasteiger partial charge on any atom is 0.0728 e. The molecule has 0 aliphatic heterocycles. The summed E-state index contributed by atoms with van der Waals surface area (Å²) >= 11 is 36.8. The normalized spacial score (nSPS) is 11.0. The maximum atomic E-state index is 9.63. The average molecular weight is 468 g/mol. The fourth-order valence-corrected chi connectivity index (χ4v) is 3.68. The summed E-state index contributed by atoms with van der Waals surface area (Å²) in [5.74, 6) is 0. The van der Waals surface area contributed by atoms with E-state index in [-0.39, 0.29) is 6.61 Å². The first-order chi connectivity index (χ1) is 12.3. The van der Waals surface area contributed by atoms with Crippen molar-refractivity contribution in [2.75, 3.05) is 0 Å². The van der Waals surface area contributed by atoms with Crippen molar-refractivity contribution >= 4 is 69.6 Å². The number of aliphatic hydroxyl groups is 1. The van der Waals surface area contributed by atoms with Gasteiger partial charge in [0.05, 0.1) is 48.1 Å². The molecular weight excluding hydrogens is 459 g/mol. The molecule has 0 spiro atoms. The van der Waals surface area contributed by atoms with Crippen LogP contribution in [-0.2, 0) is 6.61 Å². The molecule has 0 amide bonds. The van der Waals surface area contributed by atoms with E-state index in [1.54, 1.807) is 36.4 Å². The summed E-state index contributed by atoms with van der Waals surface area (Å²) in [7, 11) is 0. The Kier molecular flexibility index (Phi) is 6.25. The maximum absolute atomic E-state index is 9.63. The Hall–Kier alpha value is -0.710. The van der Waals surface area contributed by atoms with Gasteiger partial charge in [-0.15, -0.1) is 0 Å². The molecule has 1 N–H and O–H groups in total. The Labute approximate surface area is 180 Å². The van der Waals surface area contributed by atoms with Gasteiger partial charge in [0, 0.05) is 11.1 Å². The van der Waals surface area contributed by atoms with Crippen LogP contribution in [0, 0.1) is 0 Å². The van der Waals surface area contributed by atoms with Crippen LogP contribution < -0.4 is 0 Å². The summed E-state index contributed by atoms with van der Waals surface area (Å²) in [5.41, 5.74) is 2.80. The molecule has 134 valence electrons. The van der Waals surface area contributed by atoms with Crippen molar-refractivity contribution in [1.29, 1.82) is 0 Å². The molecule has 0 aliphatic carbocycles. The first kappa shape index (κ1) is 20.0. The van der Waals surface area contributed by atoms with Crippen LogP contribution in [0.25, 0.3) is 22.5 Å². The van der Waals surface area contributed by atoms with E-state index in [0.29, 0.717) is 58.2 Å². The van der Waals surface area contributed by atoms with Gasteiger partial charge in [0.15, 0.2) is 0 Å². The highest BCUT2D eigenvalue weighted by Gasteiger charge is 2.15. The predicted molar refractivity (Wildman–Crippen MR) is 111 cm³/mol. The second-order valence-corrected chi connectivity index (χ2v) is 7.84. The quantitative estimate of drug-likeness (QED) is 0.398. The lowest BCUT2D eigenvalue weighted by Crippen LogP contribution is -1.95. The summed E-state index contributed by atoms with van der Waals surface area (Å²) in [4.78, 5) is 4.60. The second-order valence-electron chi connectivity index (χ2n) is 5.40. The number of aromatic nitrogens is 1. The van der Waals surface area contributed by atoms with E-state index in [9.17, 15) is 5.11 Å². The van der Waals surface area contributed by atoms with Gasteiger partial charge >= 0.3 is 0 Å². The molecule has 0 saturated heterocycles. The number of aliphatic hydroxyl groups excluding tert-OH is 1. The molecule has 0 aliphatic rings. The SMILES string of the molecule is OCc1cc(-c2cc(Cl)c(Cl)cc2Cl)nc(-c2cc(Cl)c(Cl)cc2Cl)c1. The number of rotatable bonds is 3. The van der Waals surface area contributed by atoms with Gasteiger partial charge in [-0.2, -0.15) is 0 Å². The van der Waals surface area contributed by atoms with Crippen molar-refractivity contribution in [3.8, 4) is 22.5 Å². The smallest absolute Gasteiger partial charge is 0.0728 e. The Morgan fingerprint density at radius 3 is 1.35 bits per heavy atom. The summed E-state index contributed by atoms with van der Waals surface area (Å²) in [6, 6.07) is 9.74. The fraction of sp³-hybridized carbons (Fsp3) is 0.0556. The minimum absolute atomic E-state index is 0.194. The van der Waals surface area contributed by atoms with Crippen molar-refractivity contribution in [2.45, 2.75) is 6.61 Å². The third-order valence-electron chi connectivity index (χ3n) is 3.64. The van der Waals surface area contributed by atoms with Crippen LogP contribution in [0.3, 0.4) is 0 Å². The molecule has 2 aromatic carbocycles. The number of benzene rings is 2. The van der Waals surface area contributed by atoms with Crippen molar-refractivity contribution in [3.63, 3.8) is 0 Å². The van der Waals surface area contributed by atoms with E-state index in [4.69, 9.17) is 69.6 Å². The lowest BCUT2D eigenvalue weighted by molar-refractivity contribution is 0.282. The number of nitrogens with zero attached hydrogens (tertiary/aromatic N) is 1. The molecule has 0 unspecified atom stereocenters. The van der Waals surface area contributed by atoms with Gasteiger partial charge in [-0.05, 0) is 42.0 Å². The van der Waals surface area contributed by atoms with Crippen LogP contribution in [0.5, 0.6) is 0 Å². The average Bonchev–Trinajstić information content (AvgIpc) is 2.60. The zero-order valence-electron chi connectivity index (χ0n) is 12.8. The molecule has 3 rings (SSSR count). The predicted octanol–water partition coefficient (Wildman–Crippen LogP) is 7.83. The lowest BCUT2D eigenvalue weighted by atomic mass is 10.0. The molecule has 0 bridgehead atoms. The Morgan fingerprint density at radius 2 is 0.962 bits per heavy atom. The highest BCUT2D eigenvalue weighted by Crippen LogP contribution is 2.38. The van der Waals surface area contributed by atoms with E-state index < -0.39 is 0 Å². The molecule has 1 heterocycles. The van der Waals surface area contributed by atoms with Gasteiger partial charge in [-0.3, -0.25) is 0 Å². The van der Waals surface area contributed by atoms with Crippen molar-refractivity contribution < 1.29 is 5.11 Å². The van der Waals surface area contributed by atoms with E-state index in [1.165, 1.54) is 0 Å². The second kappa shape index (κ2) is 8.12. The monoisotopic (exact) mass is 465 g/mol. The van der Waals surface area contributed by atoms with Crippen molar-refractivity contribution in [2.24, 2.45) is 0 Å². The Bertz CT molecular complexity index is 930. The minimum atomic E-state index is -0.194. The van der Waals surface area contributed by atoms with Crippen LogP contribution >= 0.6 is 69.6 Å². The van der Waals surface area contributed by atoms with Gasteiger partial charge in [0.2, 0.25) is 0 Å². The third kappa shape index (κ3) is 4.07.